The van der Waals surface area contributed by atoms with Gasteiger partial charge in [-0.1, -0.05) is 29.4 Å². The molecule has 1 N–H and O–H groups in total. The molecule has 0 bridgehead atoms. The SMILES string of the molecule is CCN(CC)C(=O)c1ccc(NC(=O)CSc2nncn2-c2cccc(Cl)c2)cc1. The third-order valence-corrected chi connectivity index (χ3v) is 5.58. The molecule has 0 aliphatic rings. The molecule has 1 aromatic heterocycles. The van der Waals surface area contributed by atoms with Crippen molar-refractivity contribution in [1.29, 1.82) is 0 Å². The van der Waals surface area contributed by atoms with Gasteiger partial charge in [0.15, 0.2) is 5.16 Å². The smallest absolute Gasteiger partial charge is 0.253 e. The largest absolute Gasteiger partial charge is 0.339 e. The molecule has 3 aromatic rings. The van der Waals surface area contributed by atoms with E-state index >= 15 is 0 Å². The van der Waals surface area contributed by atoms with Crippen LogP contribution < -0.4 is 5.32 Å². The Balaban J connectivity index is 1.58. The summed E-state index contributed by atoms with van der Waals surface area (Å²) in [5.74, 6) is -0.0309. The molecule has 156 valence electrons. The van der Waals surface area contributed by atoms with E-state index in [9.17, 15) is 9.59 Å². The summed E-state index contributed by atoms with van der Waals surface area (Å²) in [6, 6.07) is 14.2. The number of halogens is 1. The van der Waals surface area contributed by atoms with Crippen LogP contribution in [-0.2, 0) is 4.79 Å². The predicted octanol–water partition coefficient (Wildman–Crippen LogP) is 4.13. The first-order valence-corrected chi connectivity index (χ1v) is 10.9. The molecule has 2 amide bonds. The highest BCUT2D eigenvalue weighted by Gasteiger charge is 2.13. The first-order valence-electron chi connectivity index (χ1n) is 9.49. The van der Waals surface area contributed by atoms with E-state index in [-0.39, 0.29) is 17.6 Å². The van der Waals surface area contributed by atoms with Crippen LogP contribution in [0.3, 0.4) is 0 Å². The lowest BCUT2D eigenvalue weighted by Crippen LogP contribution is -2.30. The van der Waals surface area contributed by atoms with Gasteiger partial charge < -0.3 is 10.2 Å². The highest BCUT2D eigenvalue weighted by molar-refractivity contribution is 7.99. The summed E-state index contributed by atoms with van der Waals surface area (Å²) in [6.07, 6.45) is 1.58. The van der Waals surface area contributed by atoms with E-state index in [2.05, 4.69) is 15.5 Å². The van der Waals surface area contributed by atoms with Crippen molar-refractivity contribution in [3.63, 3.8) is 0 Å². The first-order chi connectivity index (χ1) is 14.5. The average Bonchev–Trinajstić information content (AvgIpc) is 3.22. The molecule has 0 fully saturated rings. The second-order valence-corrected chi connectivity index (χ2v) is 7.73. The van der Waals surface area contributed by atoms with Gasteiger partial charge in [0.05, 0.1) is 11.4 Å². The van der Waals surface area contributed by atoms with Crippen LogP contribution >= 0.6 is 23.4 Å². The van der Waals surface area contributed by atoms with E-state index in [1.165, 1.54) is 11.8 Å². The van der Waals surface area contributed by atoms with Crippen LogP contribution in [0.15, 0.2) is 60.0 Å². The van der Waals surface area contributed by atoms with Gasteiger partial charge in [0.25, 0.3) is 5.91 Å². The number of aromatic nitrogens is 3. The van der Waals surface area contributed by atoms with Gasteiger partial charge in [-0.2, -0.15) is 0 Å². The zero-order chi connectivity index (χ0) is 21.5. The van der Waals surface area contributed by atoms with Gasteiger partial charge in [-0.3, -0.25) is 14.2 Å². The molecule has 0 saturated carbocycles. The Morgan fingerprint density at radius 1 is 1.13 bits per heavy atom. The minimum absolute atomic E-state index is 0.0196. The van der Waals surface area contributed by atoms with E-state index in [4.69, 9.17) is 11.6 Å². The van der Waals surface area contributed by atoms with Gasteiger partial charge in [-0.05, 0) is 56.3 Å². The maximum atomic E-state index is 12.4. The number of rotatable bonds is 8. The fourth-order valence-corrected chi connectivity index (χ4v) is 3.76. The quantitative estimate of drug-likeness (QED) is 0.529. The van der Waals surface area contributed by atoms with Gasteiger partial charge in [0.2, 0.25) is 5.91 Å². The van der Waals surface area contributed by atoms with Crippen LogP contribution in [0.25, 0.3) is 5.69 Å². The molecule has 2 aromatic carbocycles. The first kappa shape index (κ1) is 21.9. The average molecular weight is 444 g/mol. The van der Waals surface area contributed by atoms with Crippen LogP contribution in [0.2, 0.25) is 5.02 Å². The van der Waals surface area contributed by atoms with Crippen molar-refractivity contribution >= 4 is 40.9 Å². The number of hydrogen-bond acceptors (Lipinski definition) is 5. The van der Waals surface area contributed by atoms with Gasteiger partial charge in [0, 0.05) is 29.4 Å². The molecule has 9 heteroatoms. The van der Waals surface area contributed by atoms with Crippen molar-refractivity contribution in [2.45, 2.75) is 19.0 Å². The number of nitrogens with zero attached hydrogens (tertiary/aromatic N) is 4. The molecule has 0 saturated heterocycles. The third-order valence-electron chi connectivity index (χ3n) is 4.40. The summed E-state index contributed by atoms with van der Waals surface area (Å²) >= 11 is 7.32. The molecule has 1 heterocycles. The standard InChI is InChI=1S/C21H22ClN5O2S/c1-3-26(4-2)20(29)15-8-10-17(11-9-15)24-19(28)13-30-21-25-23-14-27(21)18-7-5-6-16(22)12-18/h5-12,14H,3-4,13H2,1-2H3,(H,24,28). The number of thioether (sulfide) groups is 1. The number of hydrogen-bond donors (Lipinski definition) is 1. The summed E-state index contributed by atoms with van der Waals surface area (Å²) in [5.41, 5.74) is 2.05. The second-order valence-electron chi connectivity index (χ2n) is 6.36. The second kappa shape index (κ2) is 10.3. The number of anilines is 1. The summed E-state index contributed by atoms with van der Waals surface area (Å²) in [6.45, 7) is 5.21. The Hall–Kier alpha value is -2.84. The summed E-state index contributed by atoms with van der Waals surface area (Å²) in [7, 11) is 0. The summed E-state index contributed by atoms with van der Waals surface area (Å²) in [5, 5.41) is 12.0. The van der Waals surface area contributed by atoms with Gasteiger partial charge in [0.1, 0.15) is 6.33 Å². The van der Waals surface area contributed by atoms with E-state index in [0.717, 1.165) is 5.69 Å². The van der Waals surface area contributed by atoms with Gasteiger partial charge >= 0.3 is 0 Å². The molecule has 3 rings (SSSR count). The van der Waals surface area contributed by atoms with Crippen LogP contribution in [0.5, 0.6) is 0 Å². The summed E-state index contributed by atoms with van der Waals surface area (Å²) < 4.78 is 1.78. The number of nitrogens with one attached hydrogen (secondary N) is 1. The minimum atomic E-state index is -0.177. The number of benzene rings is 2. The zero-order valence-corrected chi connectivity index (χ0v) is 18.3. The van der Waals surface area contributed by atoms with Crippen molar-refractivity contribution in [1.82, 2.24) is 19.7 Å². The van der Waals surface area contributed by atoms with E-state index in [1.54, 1.807) is 52.2 Å². The Morgan fingerprint density at radius 3 is 2.53 bits per heavy atom. The Morgan fingerprint density at radius 2 is 1.87 bits per heavy atom. The maximum Gasteiger partial charge on any atom is 0.253 e. The minimum Gasteiger partial charge on any atom is -0.339 e. The fourth-order valence-electron chi connectivity index (χ4n) is 2.84. The normalized spacial score (nSPS) is 10.6. The van der Waals surface area contributed by atoms with Gasteiger partial charge in [-0.25, -0.2) is 0 Å². The van der Waals surface area contributed by atoms with Crippen LogP contribution in [0.4, 0.5) is 5.69 Å². The lowest BCUT2D eigenvalue weighted by Gasteiger charge is -2.18. The third kappa shape index (κ3) is 5.40. The van der Waals surface area contributed by atoms with Crippen molar-refractivity contribution in [3.05, 3.63) is 65.4 Å². The zero-order valence-electron chi connectivity index (χ0n) is 16.7. The molecular weight excluding hydrogens is 422 g/mol. The molecule has 0 aliphatic carbocycles. The maximum absolute atomic E-state index is 12.4. The monoisotopic (exact) mass is 443 g/mol. The van der Waals surface area contributed by atoms with Gasteiger partial charge in [-0.15, -0.1) is 10.2 Å². The van der Waals surface area contributed by atoms with Crippen LogP contribution in [-0.4, -0.2) is 50.3 Å². The topological polar surface area (TPSA) is 80.1 Å². The van der Waals surface area contributed by atoms with Crippen LogP contribution in [0, 0.1) is 0 Å². The fraction of sp³-hybridized carbons (Fsp3) is 0.238. The molecule has 0 spiro atoms. The molecular formula is C21H22ClN5O2S. The highest BCUT2D eigenvalue weighted by atomic mass is 35.5. The summed E-state index contributed by atoms with van der Waals surface area (Å²) in [4.78, 5) is 26.4. The molecule has 7 nitrogen and oxygen atoms in total. The molecule has 0 atom stereocenters. The van der Waals surface area contributed by atoms with Crippen molar-refractivity contribution in [2.75, 3.05) is 24.2 Å². The molecule has 0 radical (unpaired) electrons. The molecule has 30 heavy (non-hydrogen) atoms. The Labute approximate surface area is 184 Å². The predicted molar refractivity (Wildman–Crippen MR) is 119 cm³/mol. The molecule has 0 unspecified atom stereocenters. The Bertz CT molecular complexity index is 1020. The van der Waals surface area contributed by atoms with E-state index in [1.807, 2.05) is 26.0 Å². The van der Waals surface area contributed by atoms with Crippen molar-refractivity contribution in [3.8, 4) is 5.69 Å². The van der Waals surface area contributed by atoms with Crippen molar-refractivity contribution in [2.24, 2.45) is 0 Å². The van der Waals surface area contributed by atoms with E-state index in [0.29, 0.717) is 34.5 Å². The van der Waals surface area contributed by atoms with Crippen LogP contribution in [0.1, 0.15) is 24.2 Å². The molecule has 0 aliphatic heterocycles. The number of carbonyl (C=O) groups is 2. The Kier molecular flexibility index (Phi) is 7.48. The lowest BCUT2D eigenvalue weighted by atomic mass is 10.2. The van der Waals surface area contributed by atoms with Crippen molar-refractivity contribution < 1.29 is 9.59 Å². The highest BCUT2D eigenvalue weighted by Crippen LogP contribution is 2.22. The lowest BCUT2D eigenvalue weighted by molar-refractivity contribution is -0.113. The number of carbonyl (C=O) groups excluding carboxylic acids is 2. The van der Waals surface area contributed by atoms with E-state index < -0.39 is 0 Å². The number of amides is 2.